The molecule has 0 aromatic rings. The molecule has 0 aromatic heterocycles. The number of Topliss-reactive ketones (excluding diaryl/α,β-unsaturated/α-hetero) is 1. The van der Waals surface area contributed by atoms with Crippen LogP contribution < -0.4 is 5.32 Å². The van der Waals surface area contributed by atoms with Gasteiger partial charge in [-0.25, -0.2) is 0 Å². The molecular weight excluding hydrogens is 170 g/mol. The zero-order chi connectivity index (χ0) is 5.98. The first kappa shape index (κ1) is 6.23. The fourth-order valence-corrected chi connectivity index (χ4v) is 1.08. The maximum absolute atomic E-state index is 10.7. The first-order chi connectivity index (χ1) is 3.84. The van der Waals surface area contributed by atoms with Crippen molar-refractivity contribution in [1.29, 1.82) is 0 Å². The molecule has 0 bridgehead atoms. The molecule has 1 aliphatic heterocycles. The number of rotatable bonds is 2. The van der Waals surface area contributed by atoms with E-state index < -0.39 is 0 Å². The molecule has 8 heavy (non-hydrogen) atoms. The molecule has 0 unspecified atom stereocenters. The van der Waals surface area contributed by atoms with Crippen LogP contribution in [0.5, 0.6) is 0 Å². The summed E-state index contributed by atoms with van der Waals surface area (Å²) in [4.78, 5) is 10.7. The van der Waals surface area contributed by atoms with Gasteiger partial charge in [0, 0.05) is 19.0 Å². The molecule has 0 aliphatic carbocycles. The van der Waals surface area contributed by atoms with E-state index in [1.54, 1.807) is 0 Å². The molecule has 0 aromatic carbocycles. The third kappa shape index (κ3) is 1.09. The maximum Gasteiger partial charge on any atom is 0.149 e. The topological polar surface area (TPSA) is 29.1 Å². The molecule has 1 saturated heterocycles. The fraction of sp³-hybridized carbons (Fsp3) is 0.800. The van der Waals surface area contributed by atoms with Gasteiger partial charge in [-0.3, -0.25) is 4.79 Å². The highest BCUT2D eigenvalue weighted by atomic mass is 79.9. The lowest BCUT2D eigenvalue weighted by Gasteiger charge is -2.24. The van der Waals surface area contributed by atoms with Crippen LogP contribution in [0.3, 0.4) is 0 Å². The first-order valence-corrected chi connectivity index (χ1v) is 3.76. The van der Waals surface area contributed by atoms with Gasteiger partial charge >= 0.3 is 0 Å². The first-order valence-electron chi connectivity index (χ1n) is 2.64. The van der Waals surface area contributed by atoms with E-state index in [9.17, 15) is 4.79 Å². The van der Waals surface area contributed by atoms with Crippen LogP contribution in [-0.2, 0) is 4.79 Å². The number of halogens is 1. The summed E-state index contributed by atoms with van der Waals surface area (Å²) in [7, 11) is 0. The molecule has 0 amide bonds. The van der Waals surface area contributed by atoms with E-state index in [2.05, 4.69) is 21.2 Å². The highest BCUT2D eigenvalue weighted by Gasteiger charge is 2.22. The molecule has 1 aliphatic rings. The average Bonchev–Trinajstić information content (AvgIpc) is 1.62. The second kappa shape index (κ2) is 2.60. The van der Waals surface area contributed by atoms with Crippen LogP contribution in [0.2, 0.25) is 0 Å². The lowest BCUT2D eigenvalue weighted by atomic mass is 10.00. The second-order valence-corrected chi connectivity index (χ2v) is 2.52. The Labute approximate surface area is 56.8 Å². The van der Waals surface area contributed by atoms with E-state index in [-0.39, 0.29) is 0 Å². The quantitative estimate of drug-likeness (QED) is 0.610. The maximum atomic E-state index is 10.7. The highest BCUT2D eigenvalue weighted by molar-refractivity contribution is 9.09. The van der Waals surface area contributed by atoms with Crippen molar-refractivity contribution < 1.29 is 4.79 Å². The lowest BCUT2D eigenvalue weighted by Crippen LogP contribution is -2.46. The Hall–Kier alpha value is 0.110. The van der Waals surface area contributed by atoms with Crippen LogP contribution in [0.1, 0.15) is 0 Å². The minimum Gasteiger partial charge on any atom is -0.315 e. The minimum absolute atomic E-state index is 0.300. The molecule has 3 heteroatoms. The molecule has 1 rings (SSSR count). The number of alkyl halides is 1. The van der Waals surface area contributed by atoms with E-state index in [0.717, 1.165) is 13.1 Å². The van der Waals surface area contributed by atoms with Crippen LogP contribution in [0.4, 0.5) is 0 Å². The second-order valence-electron chi connectivity index (χ2n) is 1.96. The summed E-state index contributed by atoms with van der Waals surface area (Å²) in [6.45, 7) is 1.76. The van der Waals surface area contributed by atoms with E-state index in [1.807, 2.05) is 0 Å². The monoisotopic (exact) mass is 177 g/mol. The number of carbonyl (C=O) groups is 1. The molecular formula is C5H8BrNO. The Morgan fingerprint density at radius 1 is 1.75 bits per heavy atom. The van der Waals surface area contributed by atoms with Crippen LogP contribution in [0, 0.1) is 5.92 Å². The predicted octanol–water partition coefficient (Wildman–Crippen LogP) is 0.170. The van der Waals surface area contributed by atoms with Gasteiger partial charge in [-0.05, 0) is 0 Å². The SMILES string of the molecule is O=C(CBr)C1CNC1. The molecule has 1 heterocycles. The van der Waals surface area contributed by atoms with Crippen molar-refractivity contribution in [2.75, 3.05) is 18.4 Å². The van der Waals surface area contributed by atoms with Crippen molar-refractivity contribution in [2.24, 2.45) is 5.92 Å². The Morgan fingerprint density at radius 2 is 2.38 bits per heavy atom. The van der Waals surface area contributed by atoms with Gasteiger partial charge in [0.2, 0.25) is 0 Å². The lowest BCUT2D eigenvalue weighted by molar-refractivity contribution is -0.121. The normalized spacial score (nSPS) is 20.1. The van der Waals surface area contributed by atoms with Crippen molar-refractivity contribution in [3.05, 3.63) is 0 Å². The van der Waals surface area contributed by atoms with Crippen LogP contribution in [0.15, 0.2) is 0 Å². The average molecular weight is 178 g/mol. The summed E-state index contributed by atoms with van der Waals surface area (Å²) < 4.78 is 0. The van der Waals surface area contributed by atoms with Crippen molar-refractivity contribution in [3.63, 3.8) is 0 Å². The summed E-state index contributed by atoms with van der Waals surface area (Å²) in [5.74, 6) is 0.623. The number of carbonyl (C=O) groups excluding carboxylic acids is 1. The zero-order valence-electron chi connectivity index (χ0n) is 4.48. The third-order valence-corrected chi connectivity index (χ3v) is 1.92. The third-order valence-electron chi connectivity index (χ3n) is 1.37. The van der Waals surface area contributed by atoms with Gasteiger partial charge in [-0.1, -0.05) is 15.9 Å². The molecule has 0 saturated carbocycles. The van der Waals surface area contributed by atoms with Gasteiger partial charge < -0.3 is 5.32 Å². The standard InChI is InChI=1S/C5H8BrNO/c6-1-5(8)4-2-7-3-4/h4,7H,1-3H2. The van der Waals surface area contributed by atoms with Crippen LogP contribution >= 0.6 is 15.9 Å². The molecule has 2 nitrogen and oxygen atoms in total. The summed E-state index contributed by atoms with van der Waals surface area (Å²) >= 11 is 3.11. The van der Waals surface area contributed by atoms with Gasteiger partial charge in [0.15, 0.2) is 0 Å². The Morgan fingerprint density at radius 3 is 2.50 bits per heavy atom. The highest BCUT2D eigenvalue weighted by Crippen LogP contribution is 2.05. The summed E-state index contributed by atoms with van der Waals surface area (Å²) in [6.07, 6.45) is 0. The van der Waals surface area contributed by atoms with E-state index in [4.69, 9.17) is 0 Å². The van der Waals surface area contributed by atoms with Crippen molar-refractivity contribution in [1.82, 2.24) is 5.32 Å². The Kier molecular flexibility index (Phi) is 2.02. The largest absolute Gasteiger partial charge is 0.315 e. The fourth-order valence-electron chi connectivity index (χ4n) is 0.625. The van der Waals surface area contributed by atoms with Crippen molar-refractivity contribution in [2.45, 2.75) is 0 Å². The van der Waals surface area contributed by atoms with Crippen molar-refractivity contribution >= 4 is 21.7 Å². The number of hydrogen-bond donors (Lipinski definition) is 1. The van der Waals surface area contributed by atoms with E-state index >= 15 is 0 Å². The molecule has 0 radical (unpaired) electrons. The van der Waals surface area contributed by atoms with Gasteiger partial charge in [-0.15, -0.1) is 0 Å². The molecule has 46 valence electrons. The van der Waals surface area contributed by atoms with Crippen molar-refractivity contribution in [3.8, 4) is 0 Å². The Balaban J connectivity index is 2.24. The van der Waals surface area contributed by atoms with Gasteiger partial charge in [0.05, 0.1) is 5.33 Å². The minimum atomic E-state index is 0.300. The predicted molar refractivity (Wildman–Crippen MR) is 35.2 cm³/mol. The number of nitrogens with one attached hydrogen (secondary N) is 1. The van der Waals surface area contributed by atoms with Crippen LogP contribution in [-0.4, -0.2) is 24.2 Å². The Bertz CT molecular complexity index is 101. The summed E-state index contributed by atoms with van der Waals surface area (Å²) in [6, 6.07) is 0. The van der Waals surface area contributed by atoms with E-state index in [0.29, 0.717) is 17.0 Å². The number of hydrogen-bond acceptors (Lipinski definition) is 2. The van der Waals surface area contributed by atoms with Crippen LogP contribution in [0.25, 0.3) is 0 Å². The zero-order valence-corrected chi connectivity index (χ0v) is 6.07. The van der Waals surface area contributed by atoms with Gasteiger partial charge in [0.25, 0.3) is 0 Å². The smallest absolute Gasteiger partial charge is 0.149 e. The van der Waals surface area contributed by atoms with E-state index in [1.165, 1.54) is 0 Å². The molecule has 0 atom stereocenters. The molecule has 1 N–H and O–H groups in total. The molecule has 1 fully saturated rings. The number of ketones is 1. The molecule has 0 spiro atoms. The summed E-state index contributed by atoms with van der Waals surface area (Å²) in [5, 5.41) is 3.55. The van der Waals surface area contributed by atoms with Gasteiger partial charge in [0.1, 0.15) is 5.78 Å². The van der Waals surface area contributed by atoms with Gasteiger partial charge in [-0.2, -0.15) is 0 Å². The summed E-state index contributed by atoms with van der Waals surface area (Å²) in [5.41, 5.74) is 0.